The molecule has 2 N–H and O–H groups in total. The molecule has 16 heavy (non-hydrogen) atoms. The average Bonchev–Trinajstić information content (AvgIpc) is 2.20. The van der Waals surface area contributed by atoms with E-state index in [1.165, 1.54) is 0 Å². The van der Waals surface area contributed by atoms with Crippen LogP contribution in [0, 0.1) is 0 Å². The summed E-state index contributed by atoms with van der Waals surface area (Å²) in [4.78, 5) is 23.6. The Bertz CT molecular complexity index is 377. The first kappa shape index (κ1) is 12.2. The Hall–Kier alpha value is -1.88. The zero-order chi connectivity index (χ0) is 12.0. The van der Waals surface area contributed by atoms with Crippen molar-refractivity contribution >= 4 is 23.7 Å². The summed E-state index contributed by atoms with van der Waals surface area (Å²) < 4.78 is 0. The van der Waals surface area contributed by atoms with Crippen molar-refractivity contribution in [2.75, 3.05) is 31.3 Å². The number of hydrogen-bond acceptors (Lipinski definition) is 3. The van der Waals surface area contributed by atoms with Gasteiger partial charge in [0.15, 0.2) is 0 Å². The van der Waals surface area contributed by atoms with Gasteiger partial charge in [0.2, 0.25) is 12.3 Å². The molecule has 0 saturated heterocycles. The van der Waals surface area contributed by atoms with Gasteiger partial charge in [-0.2, -0.15) is 0 Å². The van der Waals surface area contributed by atoms with Gasteiger partial charge < -0.3 is 15.5 Å². The van der Waals surface area contributed by atoms with Gasteiger partial charge in [-0.3, -0.25) is 9.59 Å². The lowest BCUT2D eigenvalue weighted by Gasteiger charge is -2.12. The van der Waals surface area contributed by atoms with Crippen LogP contribution in [-0.2, 0) is 9.59 Å². The Morgan fingerprint density at radius 1 is 1.31 bits per heavy atom. The number of carbonyl (C=O) groups is 2. The van der Waals surface area contributed by atoms with Gasteiger partial charge >= 0.3 is 0 Å². The second-order valence-electron chi connectivity index (χ2n) is 3.59. The van der Waals surface area contributed by atoms with Crippen LogP contribution >= 0.6 is 0 Å². The number of amides is 2. The molecule has 5 nitrogen and oxygen atoms in total. The smallest absolute Gasteiger partial charge is 0.238 e. The fourth-order valence-electron chi connectivity index (χ4n) is 1.26. The molecular formula is C11H15N3O2. The summed E-state index contributed by atoms with van der Waals surface area (Å²) in [6.45, 7) is 0.301. The maximum absolute atomic E-state index is 11.5. The summed E-state index contributed by atoms with van der Waals surface area (Å²) in [5.41, 5.74) is 1.19. The summed E-state index contributed by atoms with van der Waals surface area (Å²) in [5, 5.41) is 5.25. The molecule has 0 unspecified atom stereocenters. The standard InChI is InChI=1S/C11H15N3O2/c1-14(2)7-11(16)13-10-6-4-3-5-9(10)12-8-15/h3-6,8H,7H2,1-2H3,(H,12,15)(H,13,16). The van der Waals surface area contributed by atoms with Crippen molar-refractivity contribution in [2.45, 2.75) is 0 Å². The minimum atomic E-state index is -0.120. The second kappa shape index (κ2) is 5.87. The summed E-state index contributed by atoms with van der Waals surface area (Å²) in [6.07, 6.45) is 0.580. The van der Waals surface area contributed by atoms with Crippen LogP contribution in [-0.4, -0.2) is 37.9 Å². The van der Waals surface area contributed by atoms with Gasteiger partial charge in [0.1, 0.15) is 0 Å². The number of rotatable bonds is 5. The molecule has 0 bridgehead atoms. The predicted molar refractivity (Wildman–Crippen MR) is 63.3 cm³/mol. The highest BCUT2D eigenvalue weighted by molar-refractivity contribution is 5.96. The molecule has 0 fully saturated rings. The number of likely N-dealkylation sites (N-methyl/N-ethyl adjacent to an activating group) is 1. The number of carbonyl (C=O) groups excluding carboxylic acids is 2. The van der Waals surface area contributed by atoms with E-state index in [0.717, 1.165) is 0 Å². The lowest BCUT2D eigenvalue weighted by molar-refractivity contribution is -0.116. The SMILES string of the molecule is CN(C)CC(=O)Nc1ccccc1NC=O. The molecule has 1 aromatic carbocycles. The van der Waals surface area contributed by atoms with Crippen molar-refractivity contribution in [3.8, 4) is 0 Å². The lowest BCUT2D eigenvalue weighted by Crippen LogP contribution is -2.27. The number of benzene rings is 1. The van der Waals surface area contributed by atoms with E-state index in [4.69, 9.17) is 0 Å². The van der Waals surface area contributed by atoms with E-state index in [1.807, 2.05) is 14.1 Å². The van der Waals surface area contributed by atoms with Crippen molar-refractivity contribution in [1.29, 1.82) is 0 Å². The van der Waals surface area contributed by atoms with E-state index in [-0.39, 0.29) is 5.91 Å². The first-order valence-electron chi connectivity index (χ1n) is 4.87. The maximum atomic E-state index is 11.5. The van der Waals surface area contributed by atoms with Crippen LogP contribution in [0.5, 0.6) is 0 Å². The molecule has 0 spiro atoms. The average molecular weight is 221 g/mol. The third kappa shape index (κ3) is 3.70. The summed E-state index contributed by atoms with van der Waals surface area (Å²) in [7, 11) is 3.63. The Kier molecular flexibility index (Phi) is 4.47. The predicted octanol–water partition coefficient (Wildman–Crippen LogP) is 0.755. The van der Waals surface area contributed by atoms with Crippen LogP contribution in [0.4, 0.5) is 11.4 Å². The topological polar surface area (TPSA) is 61.4 Å². The van der Waals surface area contributed by atoms with Crippen molar-refractivity contribution < 1.29 is 9.59 Å². The normalized spacial score (nSPS) is 9.94. The number of anilines is 2. The first-order chi connectivity index (χ1) is 7.63. The fraction of sp³-hybridized carbons (Fsp3) is 0.273. The fourth-order valence-corrected chi connectivity index (χ4v) is 1.26. The van der Waals surface area contributed by atoms with Crippen molar-refractivity contribution in [1.82, 2.24) is 4.90 Å². The minimum Gasteiger partial charge on any atom is -0.327 e. The Labute approximate surface area is 94.4 Å². The lowest BCUT2D eigenvalue weighted by atomic mass is 10.2. The van der Waals surface area contributed by atoms with Gasteiger partial charge in [-0.1, -0.05) is 12.1 Å². The molecule has 86 valence electrons. The van der Waals surface area contributed by atoms with E-state index >= 15 is 0 Å². The largest absolute Gasteiger partial charge is 0.327 e. The summed E-state index contributed by atoms with van der Waals surface area (Å²) in [5.74, 6) is -0.120. The molecule has 2 amide bonds. The maximum Gasteiger partial charge on any atom is 0.238 e. The Balaban J connectivity index is 2.72. The first-order valence-corrected chi connectivity index (χ1v) is 4.87. The van der Waals surface area contributed by atoms with E-state index in [1.54, 1.807) is 29.2 Å². The monoisotopic (exact) mass is 221 g/mol. The second-order valence-corrected chi connectivity index (χ2v) is 3.59. The van der Waals surface area contributed by atoms with Gasteiger partial charge in [0.25, 0.3) is 0 Å². The van der Waals surface area contributed by atoms with Gasteiger partial charge in [0.05, 0.1) is 17.9 Å². The quantitative estimate of drug-likeness (QED) is 0.721. The molecule has 5 heteroatoms. The van der Waals surface area contributed by atoms with Gasteiger partial charge in [-0.15, -0.1) is 0 Å². The minimum absolute atomic E-state index is 0.120. The van der Waals surface area contributed by atoms with Crippen molar-refractivity contribution in [3.05, 3.63) is 24.3 Å². The molecule has 0 aliphatic rings. The Morgan fingerprint density at radius 2 is 1.94 bits per heavy atom. The van der Waals surface area contributed by atoms with Crippen molar-refractivity contribution in [3.63, 3.8) is 0 Å². The van der Waals surface area contributed by atoms with Gasteiger partial charge in [-0.05, 0) is 26.2 Å². The van der Waals surface area contributed by atoms with Crippen molar-refractivity contribution in [2.24, 2.45) is 0 Å². The number of nitrogens with zero attached hydrogens (tertiary/aromatic N) is 1. The van der Waals surface area contributed by atoms with Crippen LogP contribution in [0.3, 0.4) is 0 Å². The number of nitrogens with one attached hydrogen (secondary N) is 2. The van der Waals surface area contributed by atoms with E-state index in [0.29, 0.717) is 24.3 Å². The zero-order valence-electron chi connectivity index (χ0n) is 9.36. The van der Waals surface area contributed by atoms with E-state index < -0.39 is 0 Å². The van der Waals surface area contributed by atoms with E-state index in [2.05, 4.69) is 10.6 Å². The van der Waals surface area contributed by atoms with E-state index in [9.17, 15) is 9.59 Å². The molecule has 1 aromatic rings. The summed E-state index contributed by atoms with van der Waals surface area (Å²) >= 11 is 0. The van der Waals surface area contributed by atoms with Crippen LogP contribution in [0.2, 0.25) is 0 Å². The van der Waals surface area contributed by atoms with Crippen LogP contribution in [0.25, 0.3) is 0 Å². The third-order valence-corrected chi connectivity index (χ3v) is 1.88. The Morgan fingerprint density at radius 3 is 2.50 bits per heavy atom. The van der Waals surface area contributed by atoms with Gasteiger partial charge in [0, 0.05) is 0 Å². The highest BCUT2D eigenvalue weighted by Crippen LogP contribution is 2.19. The van der Waals surface area contributed by atoms with Crippen LogP contribution in [0.15, 0.2) is 24.3 Å². The molecule has 0 saturated carbocycles. The highest BCUT2D eigenvalue weighted by atomic mass is 16.2. The summed E-state index contributed by atoms with van der Waals surface area (Å²) in [6, 6.07) is 7.04. The molecule has 0 aliphatic heterocycles. The molecule has 0 aliphatic carbocycles. The molecular weight excluding hydrogens is 206 g/mol. The van der Waals surface area contributed by atoms with Gasteiger partial charge in [-0.25, -0.2) is 0 Å². The van der Waals surface area contributed by atoms with Crippen LogP contribution in [0.1, 0.15) is 0 Å². The molecule has 1 rings (SSSR count). The highest BCUT2D eigenvalue weighted by Gasteiger charge is 2.06. The molecule has 0 aromatic heterocycles. The molecule has 0 heterocycles. The third-order valence-electron chi connectivity index (χ3n) is 1.88. The van der Waals surface area contributed by atoms with Crippen LogP contribution < -0.4 is 10.6 Å². The molecule has 0 radical (unpaired) electrons. The molecule has 0 atom stereocenters. The zero-order valence-corrected chi connectivity index (χ0v) is 9.36. The number of para-hydroxylation sites is 2. The number of hydrogen-bond donors (Lipinski definition) is 2.